The molecule has 3 aliphatic rings. The third kappa shape index (κ3) is 10.0. The number of hydrogen-bond donors (Lipinski definition) is 3. The lowest BCUT2D eigenvalue weighted by molar-refractivity contribution is -0.138. The van der Waals surface area contributed by atoms with E-state index in [1.54, 1.807) is 55.1 Å². The van der Waals surface area contributed by atoms with Gasteiger partial charge in [0.15, 0.2) is 5.11 Å². The van der Waals surface area contributed by atoms with E-state index in [0.29, 0.717) is 61.9 Å². The van der Waals surface area contributed by atoms with Crippen LogP contribution in [-0.4, -0.2) is 96.0 Å². The molecule has 312 valence electrons. The lowest BCUT2D eigenvalue weighted by atomic mass is 9.99. The largest absolute Gasteiger partial charge is 0.492 e. The Morgan fingerprint density at radius 1 is 1.00 bits per heavy atom. The fourth-order valence-corrected chi connectivity index (χ4v) is 8.01. The van der Waals surface area contributed by atoms with Crippen molar-refractivity contribution in [1.82, 2.24) is 15.1 Å². The number of nitrogens with zero attached hydrogens (tertiary/aromatic N) is 5. The number of carbonyl (C=O) groups is 4. The first-order valence-electron chi connectivity index (χ1n) is 19.4. The SMILES string of the molecule is CC(C)Cc1cc(N2C(=S)N(c3ccc(C#N)c(C(F)(F)F)c3)C(=O)C2(C)C)ccc1OCCN1CCN(CC(=O)Nc2cccc(NC3CCC(=O)NC3=O)c2)CC1. The fourth-order valence-electron chi connectivity index (χ4n) is 7.48. The number of piperidine rings is 1. The lowest BCUT2D eigenvalue weighted by Gasteiger charge is -2.34. The second-order valence-corrected chi connectivity index (χ2v) is 16.2. The van der Waals surface area contributed by atoms with Crippen LogP contribution in [-0.2, 0) is 31.8 Å². The third-order valence-electron chi connectivity index (χ3n) is 10.5. The molecule has 1 unspecified atom stereocenters. The van der Waals surface area contributed by atoms with E-state index in [1.165, 1.54) is 6.07 Å². The van der Waals surface area contributed by atoms with Crippen LogP contribution < -0.4 is 30.5 Å². The summed E-state index contributed by atoms with van der Waals surface area (Å²) in [5, 5.41) is 17.7. The number of ether oxygens (including phenoxy) is 1. The summed E-state index contributed by atoms with van der Waals surface area (Å²) >= 11 is 5.75. The molecule has 3 aliphatic heterocycles. The van der Waals surface area contributed by atoms with Crippen LogP contribution in [0.4, 0.5) is 35.9 Å². The van der Waals surface area contributed by atoms with Gasteiger partial charge in [-0.3, -0.25) is 39.2 Å². The molecule has 6 rings (SSSR count). The number of thiocarbonyl (C=S) groups is 1. The van der Waals surface area contributed by atoms with Crippen molar-refractivity contribution in [2.75, 3.05) is 66.3 Å². The number of nitrogens with one attached hydrogen (secondary N) is 3. The van der Waals surface area contributed by atoms with Gasteiger partial charge in [-0.1, -0.05) is 19.9 Å². The summed E-state index contributed by atoms with van der Waals surface area (Å²) in [6.07, 6.45) is -3.48. The van der Waals surface area contributed by atoms with E-state index in [0.717, 1.165) is 35.7 Å². The highest BCUT2D eigenvalue weighted by Crippen LogP contribution is 2.41. The molecule has 0 aromatic heterocycles. The Balaban J connectivity index is 1.02. The van der Waals surface area contributed by atoms with Crippen molar-refractivity contribution < 1.29 is 37.1 Å². The Bertz CT molecular complexity index is 2170. The van der Waals surface area contributed by atoms with Crippen LogP contribution in [0.5, 0.6) is 5.75 Å². The zero-order chi connectivity index (χ0) is 42.6. The van der Waals surface area contributed by atoms with Gasteiger partial charge in [-0.25, -0.2) is 0 Å². The van der Waals surface area contributed by atoms with Gasteiger partial charge in [0.25, 0.3) is 5.91 Å². The Morgan fingerprint density at radius 2 is 1.69 bits per heavy atom. The minimum atomic E-state index is -4.80. The summed E-state index contributed by atoms with van der Waals surface area (Å²) in [5.74, 6) is -0.365. The van der Waals surface area contributed by atoms with Gasteiger partial charge < -0.3 is 20.3 Å². The highest BCUT2D eigenvalue weighted by molar-refractivity contribution is 7.81. The quantitative estimate of drug-likeness (QED) is 0.147. The Labute approximate surface area is 346 Å². The molecule has 3 N–H and O–H groups in total. The molecular weight excluding hydrogens is 786 g/mol. The number of imide groups is 1. The molecule has 59 heavy (non-hydrogen) atoms. The van der Waals surface area contributed by atoms with Crippen molar-refractivity contribution in [2.24, 2.45) is 5.92 Å². The van der Waals surface area contributed by atoms with Gasteiger partial charge >= 0.3 is 6.18 Å². The number of alkyl halides is 3. The van der Waals surface area contributed by atoms with E-state index in [1.807, 2.05) is 12.1 Å². The predicted octanol–water partition coefficient (Wildman–Crippen LogP) is 5.54. The summed E-state index contributed by atoms with van der Waals surface area (Å²) in [6.45, 7) is 11.7. The minimum Gasteiger partial charge on any atom is -0.492 e. The number of piperazine rings is 1. The number of halogens is 3. The summed E-state index contributed by atoms with van der Waals surface area (Å²) in [7, 11) is 0. The molecule has 0 bridgehead atoms. The normalized spacial score (nSPS) is 18.9. The van der Waals surface area contributed by atoms with E-state index in [4.69, 9.17) is 17.0 Å². The highest BCUT2D eigenvalue weighted by atomic mass is 32.1. The molecule has 3 saturated heterocycles. The molecule has 1 atom stereocenters. The Kier molecular flexibility index (Phi) is 12.9. The summed E-state index contributed by atoms with van der Waals surface area (Å²) in [4.78, 5) is 57.4. The summed E-state index contributed by atoms with van der Waals surface area (Å²) in [5.41, 5.74) is -0.234. The van der Waals surface area contributed by atoms with E-state index in [9.17, 15) is 37.6 Å². The maximum Gasteiger partial charge on any atom is 0.417 e. The molecule has 4 amide bonds. The first kappa shape index (κ1) is 43.0. The van der Waals surface area contributed by atoms with Gasteiger partial charge in [-0.2, -0.15) is 18.4 Å². The molecule has 0 radical (unpaired) electrons. The average molecular weight is 833 g/mol. The first-order chi connectivity index (χ1) is 27.9. The number of nitriles is 1. The van der Waals surface area contributed by atoms with E-state index in [2.05, 4.69) is 39.6 Å². The number of rotatable bonds is 13. The maximum atomic E-state index is 13.8. The van der Waals surface area contributed by atoms with Crippen molar-refractivity contribution in [1.29, 1.82) is 5.26 Å². The van der Waals surface area contributed by atoms with Gasteiger partial charge in [0.1, 0.15) is 23.9 Å². The van der Waals surface area contributed by atoms with Crippen molar-refractivity contribution >= 4 is 63.7 Å². The van der Waals surface area contributed by atoms with Crippen LogP contribution in [0.25, 0.3) is 0 Å². The van der Waals surface area contributed by atoms with E-state index < -0.39 is 34.8 Å². The topological polar surface area (TPSA) is 150 Å². The smallest absolute Gasteiger partial charge is 0.417 e. The van der Waals surface area contributed by atoms with Crippen LogP contribution in [0.2, 0.25) is 0 Å². The molecule has 3 fully saturated rings. The number of anilines is 4. The third-order valence-corrected chi connectivity index (χ3v) is 10.9. The number of hydrogen-bond acceptors (Lipinski definition) is 10. The highest BCUT2D eigenvalue weighted by Gasteiger charge is 2.51. The molecule has 3 heterocycles. The minimum absolute atomic E-state index is 0.0205. The molecule has 0 spiro atoms. The summed E-state index contributed by atoms with van der Waals surface area (Å²) in [6, 6.07) is 16.8. The second kappa shape index (κ2) is 17.7. The predicted molar refractivity (Wildman–Crippen MR) is 221 cm³/mol. The number of carbonyl (C=O) groups excluding carboxylic acids is 4. The fraction of sp³-hybridized carbons (Fsp3) is 0.429. The monoisotopic (exact) mass is 832 g/mol. The Hall–Kier alpha value is -5.57. The van der Waals surface area contributed by atoms with Gasteiger partial charge in [0.05, 0.1) is 29.4 Å². The van der Waals surface area contributed by atoms with Gasteiger partial charge in [0, 0.05) is 56.2 Å². The number of benzene rings is 3. The van der Waals surface area contributed by atoms with Crippen LogP contribution >= 0.6 is 12.2 Å². The first-order valence-corrected chi connectivity index (χ1v) is 19.9. The summed E-state index contributed by atoms with van der Waals surface area (Å²) < 4.78 is 47.8. The molecule has 3 aromatic rings. The van der Waals surface area contributed by atoms with Crippen LogP contribution in [0.3, 0.4) is 0 Å². The van der Waals surface area contributed by atoms with Crippen LogP contribution in [0.1, 0.15) is 57.2 Å². The molecule has 3 aromatic carbocycles. The standard InChI is InChI=1S/C42H47F3N8O5S/c1-26(2)20-28-21-32(53-40(59)52(39(57)41(53,3)4)31-9-8-27(24-46)33(23-31)42(43,44)45)10-12-35(28)58-19-18-50-14-16-51(17-15-50)25-37(55)48-30-7-5-6-29(22-30)47-34-11-13-36(54)49-38(34)56/h5-10,12,21-23,26,34,47H,11,13-20,25H2,1-4H3,(H,48,55)(H,49,54,56). The zero-order valence-electron chi connectivity index (χ0n) is 33.3. The molecule has 0 saturated carbocycles. The Morgan fingerprint density at radius 3 is 2.37 bits per heavy atom. The lowest BCUT2D eigenvalue weighted by Crippen LogP contribution is -2.49. The average Bonchev–Trinajstić information content (AvgIpc) is 3.35. The van der Waals surface area contributed by atoms with Crippen molar-refractivity contribution in [3.8, 4) is 11.8 Å². The zero-order valence-corrected chi connectivity index (χ0v) is 34.1. The van der Waals surface area contributed by atoms with Crippen molar-refractivity contribution in [3.05, 3.63) is 77.4 Å². The molecule has 0 aliphatic carbocycles. The van der Waals surface area contributed by atoms with Crippen molar-refractivity contribution in [2.45, 2.75) is 64.7 Å². The van der Waals surface area contributed by atoms with Crippen molar-refractivity contribution in [3.63, 3.8) is 0 Å². The van der Waals surface area contributed by atoms with Crippen LogP contribution in [0.15, 0.2) is 60.7 Å². The molecule has 13 nitrogen and oxygen atoms in total. The van der Waals surface area contributed by atoms with Gasteiger partial charge in [0.2, 0.25) is 17.7 Å². The van der Waals surface area contributed by atoms with Gasteiger partial charge in [-0.05, 0) is 105 Å². The van der Waals surface area contributed by atoms with E-state index >= 15 is 0 Å². The maximum absolute atomic E-state index is 13.8. The van der Waals surface area contributed by atoms with Crippen LogP contribution in [0, 0.1) is 17.2 Å². The van der Waals surface area contributed by atoms with Gasteiger partial charge in [-0.15, -0.1) is 0 Å². The second-order valence-electron chi connectivity index (χ2n) is 15.8. The molecular formula is C42H47F3N8O5S. The van der Waals surface area contributed by atoms with E-state index in [-0.39, 0.29) is 47.4 Å². The molecule has 17 heteroatoms. The number of amides is 4.